The lowest BCUT2D eigenvalue weighted by Gasteiger charge is -2.11. The fourth-order valence-corrected chi connectivity index (χ4v) is 3.00. The number of hydrogen-bond donors (Lipinski definition) is 0. The van der Waals surface area contributed by atoms with Crippen LogP contribution in [0.4, 0.5) is 0 Å². The fraction of sp³-hybridized carbons (Fsp3) is 0.222. The Morgan fingerprint density at radius 3 is 2.10 bits per heavy atom. The van der Waals surface area contributed by atoms with Gasteiger partial charge < -0.3 is 0 Å². The van der Waals surface area contributed by atoms with Gasteiger partial charge in [0, 0.05) is 10.2 Å². The normalized spacial score (nSPS) is 12.1. The molecule has 0 amide bonds. The van der Waals surface area contributed by atoms with Gasteiger partial charge in [0.15, 0.2) is 0 Å². The molecule has 0 radical (unpaired) electrons. The van der Waals surface area contributed by atoms with Crippen LogP contribution in [0.15, 0.2) is 55.1 Å². The van der Waals surface area contributed by atoms with E-state index in [-0.39, 0.29) is 0 Å². The van der Waals surface area contributed by atoms with Crippen molar-refractivity contribution in [2.75, 3.05) is 0 Å². The molecule has 0 aliphatic carbocycles. The second kappa shape index (κ2) is 7.80. The van der Waals surface area contributed by atoms with Crippen LogP contribution in [0.2, 0.25) is 0 Å². The summed E-state index contributed by atoms with van der Waals surface area (Å²) in [5, 5.41) is 0.913. The third kappa shape index (κ3) is 4.32. The van der Waals surface area contributed by atoms with Crippen LogP contribution < -0.4 is 0 Å². The summed E-state index contributed by atoms with van der Waals surface area (Å²) in [6, 6.07) is 17.4. The van der Waals surface area contributed by atoms with E-state index >= 15 is 0 Å². The van der Waals surface area contributed by atoms with Crippen molar-refractivity contribution in [3.63, 3.8) is 0 Å². The molecule has 0 nitrogen and oxygen atoms in total. The van der Waals surface area contributed by atoms with Gasteiger partial charge in [-0.25, -0.2) is 0 Å². The lowest BCUT2D eigenvalue weighted by molar-refractivity contribution is 0.813. The molecule has 1 unspecified atom stereocenters. The lowest BCUT2D eigenvalue weighted by atomic mass is 10.0. The molecule has 104 valence electrons. The van der Waals surface area contributed by atoms with Gasteiger partial charge in [0.25, 0.3) is 0 Å². The number of alkyl halides is 2. The maximum absolute atomic E-state index is 3.79. The number of hydrogen-bond acceptors (Lipinski definition) is 0. The molecule has 20 heavy (non-hydrogen) atoms. The number of rotatable bonds is 6. The Kier molecular flexibility index (Phi) is 6.06. The van der Waals surface area contributed by atoms with Crippen LogP contribution in [0.25, 0.3) is 6.08 Å². The predicted octanol–water partition coefficient (Wildman–Crippen LogP) is 6.29. The van der Waals surface area contributed by atoms with E-state index in [0.29, 0.717) is 4.83 Å². The summed E-state index contributed by atoms with van der Waals surface area (Å²) in [5.41, 5.74) is 5.21. The van der Waals surface area contributed by atoms with Gasteiger partial charge in [0.2, 0.25) is 0 Å². The summed E-state index contributed by atoms with van der Waals surface area (Å²) in [5.74, 6) is 0. The highest BCUT2D eigenvalue weighted by molar-refractivity contribution is 9.09. The van der Waals surface area contributed by atoms with Crippen molar-refractivity contribution in [2.45, 2.75) is 23.0 Å². The third-order valence-corrected chi connectivity index (χ3v) is 5.03. The highest BCUT2D eigenvalue weighted by Gasteiger charge is 2.07. The molecule has 0 aliphatic heterocycles. The van der Waals surface area contributed by atoms with E-state index in [0.717, 1.165) is 18.2 Å². The first-order valence-electron chi connectivity index (χ1n) is 6.73. The van der Waals surface area contributed by atoms with Crippen LogP contribution in [0.1, 0.15) is 33.5 Å². The van der Waals surface area contributed by atoms with Gasteiger partial charge in [-0.3, -0.25) is 0 Å². The van der Waals surface area contributed by atoms with Gasteiger partial charge in [0.1, 0.15) is 0 Å². The first kappa shape index (κ1) is 15.5. The molecule has 0 bridgehead atoms. The van der Waals surface area contributed by atoms with Crippen LogP contribution in [-0.4, -0.2) is 0 Å². The van der Waals surface area contributed by atoms with E-state index in [4.69, 9.17) is 0 Å². The van der Waals surface area contributed by atoms with Crippen molar-refractivity contribution in [1.29, 1.82) is 0 Å². The Labute approximate surface area is 138 Å². The Balaban J connectivity index is 1.93. The summed E-state index contributed by atoms with van der Waals surface area (Å²) in [4.78, 5) is 0.408. The van der Waals surface area contributed by atoms with Crippen molar-refractivity contribution >= 4 is 37.9 Å². The molecule has 2 heteroatoms. The Morgan fingerprint density at radius 2 is 1.55 bits per heavy atom. The van der Waals surface area contributed by atoms with Gasteiger partial charge in [-0.05, 0) is 35.1 Å². The number of benzene rings is 2. The molecule has 0 spiro atoms. The molecular weight excluding hydrogens is 376 g/mol. The molecule has 0 saturated heterocycles. The first-order chi connectivity index (χ1) is 9.72. The summed E-state index contributed by atoms with van der Waals surface area (Å²) in [6.45, 7) is 3.78. The first-order valence-corrected chi connectivity index (χ1v) is 8.77. The standard InChI is InChI=1S/C18H18Br2/c1-2-14-3-5-15(6-4-14)9-12-18(20)17-10-7-16(13-19)8-11-17/h2-8,10-11,18H,1,9,12-13H2. The predicted molar refractivity (Wildman–Crippen MR) is 95.6 cm³/mol. The third-order valence-electron chi connectivity index (χ3n) is 3.40. The zero-order valence-electron chi connectivity index (χ0n) is 11.4. The molecule has 0 fully saturated rings. The topological polar surface area (TPSA) is 0 Å². The molecular formula is C18H18Br2. The largest absolute Gasteiger partial charge is 0.0985 e. The van der Waals surface area contributed by atoms with Crippen molar-refractivity contribution in [1.82, 2.24) is 0 Å². The lowest BCUT2D eigenvalue weighted by Crippen LogP contribution is -1.94. The minimum absolute atomic E-state index is 0.408. The van der Waals surface area contributed by atoms with Gasteiger partial charge in [-0.1, -0.05) is 93.0 Å². The van der Waals surface area contributed by atoms with E-state index in [9.17, 15) is 0 Å². The molecule has 0 saturated carbocycles. The fourth-order valence-electron chi connectivity index (χ4n) is 2.10. The highest BCUT2D eigenvalue weighted by atomic mass is 79.9. The van der Waals surface area contributed by atoms with Gasteiger partial charge in [0.05, 0.1) is 0 Å². The van der Waals surface area contributed by atoms with Crippen molar-refractivity contribution in [3.05, 3.63) is 77.4 Å². The van der Waals surface area contributed by atoms with Crippen LogP contribution in [0, 0.1) is 0 Å². The van der Waals surface area contributed by atoms with Crippen molar-refractivity contribution in [2.24, 2.45) is 0 Å². The maximum atomic E-state index is 3.79. The van der Waals surface area contributed by atoms with Crippen molar-refractivity contribution < 1.29 is 0 Å². The second-order valence-corrected chi connectivity index (χ2v) is 6.49. The van der Waals surface area contributed by atoms with E-state index < -0.39 is 0 Å². The molecule has 0 heterocycles. The Bertz CT molecular complexity index is 541. The summed E-state index contributed by atoms with van der Waals surface area (Å²) in [7, 11) is 0. The van der Waals surface area contributed by atoms with E-state index in [1.807, 2.05) is 6.08 Å². The monoisotopic (exact) mass is 392 g/mol. The van der Waals surface area contributed by atoms with Crippen molar-refractivity contribution in [3.8, 4) is 0 Å². The van der Waals surface area contributed by atoms with E-state index in [1.165, 1.54) is 22.3 Å². The maximum Gasteiger partial charge on any atom is 0.0398 e. The minimum Gasteiger partial charge on any atom is -0.0985 e. The average Bonchev–Trinajstić information content (AvgIpc) is 2.53. The quantitative estimate of drug-likeness (QED) is 0.505. The van der Waals surface area contributed by atoms with E-state index in [1.54, 1.807) is 0 Å². The van der Waals surface area contributed by atoms with Crippen LogP contribution in [0.5, 0.6) is 0 Å². The summed E-state index contributed by atoms with van der Waals surface area (Å²) in [6.07, 6.45) is 4.05. The van der Waals surface area contributed by atoms with Crippen LogP contribution in [0.3, 0.4) is 0 Å². The minimum atomic E-state index is 0.408. The smallest absolute Gasteiger partial charge is 0.0398 e. The summed E-state index contributed by atoms with van der Waals surface area (Å²) >= 11 is 7.26. The van der Waals surface area contributed by atoms with E-state index in [2.05, 4.69) is 87.0 Å². The van der Waals surface area contributed by atoms with Crippen LogP contribution in [-0.2, 0) is 11.8 Å². The van der Waals surface area contributed by atoms with Gasteiger partial charge >= 0.3 is 0 Å². The Morgan fingerprint density at radius 1 is 0.950 bits per heavy atom. The zero-order chi connectivity index (χ0) is 14.4. The molecule has 0 N–H and O–H groups in total. The van der Waals surface area contributed by atoms with Gasteiger partial charge in [-0.2, -0.15) is 0 Å². The molecule has 2 rings (SSSR count). The number of halogens is 2. The molecule has 2 aromatic carbocycles. The van der Waals surface area contributed by atoms with Gasteiger partial charge in [-0.15, -0.1) is 0 Å². The van der Waals surface area contributed by atoms with Crippen LogP contribution >= 0.6 is 31.9 Å². The zero-order valence-corrected chi connectivity index (χ0v) is 14.5. The molecule has 0 aliphatic rings. The highest BCUT2D eigenvalue weighted by Crippen LogP contribution is 2.28. The number of aryl methyl sites for hydroxylation is 1. The molecule has 0 aromatic heterocycles. The Hall–Kier alpha value is -0.860. The summed E-state index contributed by atoms with van der Waals surface area (Å²) < 4.78 is 0. The second-order valence-electron chi connectivity index (χ2n) is 4.83. The SMILES string of the molecule is C=Cc1ccc(CCC(Br)c2ccc(CBr)cc2)cc1. The molecule has 2 aromatic rings. The average molecular weight is 394 g/mol. The molecule has 1 atom stereocenters.